The van der Waals surface area contributed by atoms with Gasteiger partial charge in [-0.3, -0.25) is 0 Å². The Balaban J connectivity index is 0.000000140. The van der Waals surface area contributed by atoms with Gasteiger partial charge in [0.1, 0.15) is 0 Å². The molecule has 8 aromatic rings. The van der Waals surface area contributed by atoms with Crippen LogP contribution in [0.5, 0.6) is 0 Å². The summed E-state index contributed by atoms with van der Waals surface area (Å²) >= 11 is 0. The van der Waals surface area contributed by atoms with Crippen molar-refractivity contribution in [3.8, 4) is 11.1 Å². The minimum atomic E-state index is 0. The average molecular weight is 798 g/mol. The molecule has 0 fully saturated rings. The topological polar surface area (TPSA) is 20.1 Å². The van der Waals surface area contributed by atoms with Crippen LogP contribution in [-0.2, 0) is 22.4 Å². The van der Waals surface area contributed by atoms with E-state index in [4.69, 9.17) is 4.98 Å². The van der Waals surface area contributed by atoms with Crippen LogP contribution in [0.25, 0.3) is 32.9 Å². The molecule has 3 nitrogen and oxygen atoms in total. The second-order valence-corrected chi connectivity index (χ2v) is 11.9. The van der Waals surface area contributed by atoms with Crippen molar-refractivity contribution in [2.45, 2.75) is 5.92 Å². The van der Waals surface area contributed by atoms with Crippen molar-refractivity contribution in [3.63, 3.8) is 0 Å². The molecule has 2 heterocycles. The van der Waals surface area contributed by atoms with Gasteiger partial charge in [-0.05, 0) is 47.7 Å². The van der Waals surface area contributed by atoms with Gasteiger partial charge in [0, 0.05) is 42.3 Å². The van der Waals surface area contributed by atoms with E-state index in [1.54, 1.807) is 0 Å². The first kappa shape index (κ1) is 29.8. The number of para-hydroxylation sites is 5. The smallest absolute Gasteiger partial charge is 0.657 e. The standard InChI is InChI=1S/C25H16N.C19H14N2.Au/c1-3-10-20-17(7-1)18-8-2-4-11-21(18)25(20)16-13-14-24-22(15-16)19-9-5-6-12-23(19)26-24;1-3-9-16(10-4-1)20-15-21(17-11-5-2-6-12-17)19-14-8-7-13-18(19)20;/h1-15,25H;1-14H;/q-1;+2;+1. The first-order chi connectivity index (χ1) is 23.3. The van der Waals surface area contributed by atoms with Crippen molar-refractivity contribution in [2.75, 3.05) is 0 Å². The maximum absolute atomic E-state index is 4.77. The minimum absolute atomic E-state index is 0. The summed E-state index contributed by atoms with van der Waals surface area (Å²) in [6.45, 7) is 0. The van der Waals surface area contributed by atoms with E-state index in [2.05, 4.69) is 155 Å². The van der Waals surface area contributed by atoms with Crippen LogP contribution in [0.1, 0.15) is 22.6 Å². The van der Waals surface area contributed by atoms with Crippen molar-refractivity contribution in [3.05, 3.63) is 193 Å². The zero-order valence-corrected chi connectivity index (χ0v) is 28.1. The number of fused-ring (bicyclic) bond motifs is 7. The zero-order valence-electron chi connectivity index (χ0n) is 26.0. The first-order valence-corrected chi connectivity index (χ1v) is 16.0. The predicted molar refractivity (Wildman–Crippen MR) is 195 cm³/mol. The molecule has 10 rings (SSSR count). The Labute approximate surface area is 295 Å². The third kappa shape index (κ3) is 5.07. The zero-order chi connectivity index (χ0) is 31.2. The monoisotopic (exact) mass is 797 g/mol. The minimum Gasteiger partial charge on any atom is -0.657 e. The molecular weight excluding hydrogens is 767 g/mol. The molecule has 230 valence electrons. The molecule has 0 spiro atoms. The van der Waals surface area contributed by atoms with Crippen molar-refractivity contribution in [1.29, 1.82) is 0 Å². The van der Waals surface area contributed by atoms with Gasteiger partial charge in [-0.25, -0.2) is 0 Å². The fourth-order valence-corrected chi connectivity index (χ4v) is 7.09. The van der Waals surface area contributed by atoms with Crippen LogP contribution in [0, 0.1) is 0 Å². The number of nitrogens with zero attached hydrogens (tertiary/aromatic N) is 3. The van der Waals surface area contributed by atoms with Crippen LogP contribution in [0.15, 0.2) is 176 Å². The average Bonchev–Trinajstić information content (AvgIpc) is 3.82. The largest absolute Gasteiger partial charge is 1.00 e. The molecule has 48 heavy (non-hydrogen) atoms. The van der Waals surface area contributed by atoms with E-state index < -0.39 is 0 Å². The van der Waals surface area contributed by atoms with E-state index >= 15 is 0 Å². The van der Waals surface area contributed by atoms with Crippen LogP contribution in [0.2, 0.25) is 0 Å². The second-order valence-electron chi connectivity index (χ2n) is 11.9. The maximum atomic E-state index is 4.77. The van der Waals surface area contributed by atoms with E-state index in [0.29, 0.717) is 5.92 Å². The fraction of sp³-hybridized carbons (Fsp3) is 0.0227. The molecule has 0 saturated heterocycles. The molecule has 1 aromatic heterocycles. The summed E-state index contributed by atoms with van der Waals surface area (Å²) in [7, 11) is 0. The molecule has 1 aliphatic heterocycles. The van der Waals surface area contributed by atoms with Crippen molar-refractivity contribution < 1.29 is 22.4 Å². The first-order valence-electron chi connectivity index (χ1n) is 16.0. The van der Waals surface area contributed by atoms with Crippen molar-refractivity contribution >= 4 is 50.6 Å². The quantitative estimate of drug-likeness (QED) is 0.129. The van der Waals surface area contributed by atoms with Crippen molar-refractivity contribution in [1.82, 2.24) is 14.1 Å². The molecule has 2 aliphatic rings. The van der Waals surface area contributed by atoms with Gasteiger partial charge in [-0.2, -0.15) is 0 Å². The van der Waals surface area contributed by atoms with Crippen LogP contribution in [-0.4, -0.2) is 6.01 Å². The Bertz CT molecular complexity index is 2390. The van der Waals surface area contributed by atoms with E-state index in [1.165, 1.54) is 38.6 Å². The van der Waals surface area contributed by atoms with E-state index in [1.807, 2.05) is 36.4 Å². The van der Waals surface area contributed by atoms with E-state index in [9.17, 15) is 0 Å². The maximum Gasteiger partial charge on any atom is 1.00 e. The van der Waals surface area contributed by atoms with Crippen molar-refractivity contribution in [2.24, 2.45) is 0 Å². The summed E-state index contributed by atoms with van der Waals surface area (Å²) in [5, 5.41) is 2.49. The second kappa shape index (κ2) is 12.6. The van der Waals surface area contributed by atoms with Crippen LogP contribution < -0.4 is 14.1 Å². The van der Waals surface area contributed by atoms with Gasteiger partial charge < -0.3 is 4.98 Å². The number of benzene rings is 7. The van der Waals surface area contributed by atoms with Gasteiger partial charge >= 0.3 is 28.4 Å². The molecular formula is C44H30AuN3+2. The third-order valence-electron chi connectivity index (χ3n) is 9.22. The van der Waals surface area contributed by atoms with Crippen LogP contribution >= 0.6 is 0 Å². The number of hydrogen-bond acceptors (Lipinski definition) is 0. The van der Waals surface area contributed by atoms with Gasteiger partial charge in [-0.1, -0.05) is 140 Å². The molecule has 7 aromatic carbocycles. The van der Waals surface area contributed by atoms with E-state index in [-0.39, 0.29) is 22.4 Å². The Morgan fingerprint density at radius 1 is 0.438 bits per heavy atom. The molecule has 4 heteroatoms. The van der Waals surface area contributed by atoms with Crippen LogP contribution in [0.4, 0.5) is 22.7 Å². The Hall–Kier alpha value is -5.54. The summed E-state index contributed by atoms with van der Waals surface area (Å²) < 4.78 is 4.20. The third-order valence-corrected chi connectivity index (χ3v) is 9.22. The summed E-state index contributed by atoms with van der Waals surface area (Å²) in [6.07, 6.45) is 0. The predicted octanol–water partition coefficient (Wildman–Crippen LogP) is 10.7. The normalized spacial score (nSPS) is 12.7. The molecule has 0 bridgehead atoms. The van der Waals surface area contributed by atoms with E-state index in [0.717, 1.165) is 33.8 Å². The summed E-state index contributed by atoms with van der Waals surface area (Å²) in [6, 6.07) is 65.2. The molecule has 0 unspecified atom stereocenters. The number of rotatable bonds is 3. The summed E-state index contributed by atoms with van der Waals surface area (Å²) in [5.74, 6) is 0.292. The molecule has 0 amide bonds. The molecule has 0 radical (unpaired) electrons. The van der Waals surface area contributed by atoms with Gasteiger partial charge in [0.2, 0.25) is 11.4 Å². The van der Waals surface area contributed by atoms with Gasteiger partial charge in [0.25, 0.3) is 11.4 Å². The Morgan fingerprint density at radius 2 is 0.917 bits per heavy atom. The Kier molecular flexibility index (Phi) is 7.82. The molecule has 0 atom stereocenters. The molecule has 1 aliphatic carbocycles. The summed E-state index contributed by atoms with van der Waals surface area (Å²) in [5.41, 5.74) is 13.5. The summed E-state index contributed by atoms with van der Waals surface area (Å²) in [4.78, 5) is 4.77. The fourth-order valence-electron chi connectivity index (χ4n) is 7.09. The van der Waals surface area contributed by atoms with Gasteiger partial charge in [0.05, 0.1) is 0 Å². The molecule has 0 saturated carbocycles. The SMILES string of the molecule is C1=[N+](c2ccccc2)c2ccccc2[N+]=1c1ccccc1.[Au+].c1ccc2c(c1)-c1ccccc1C2c1ccc2[n-]c3ccccc3c2c1. The number of aromatic nitrogens is 1. The Morgan fingerprint density at radius 3 is 1.52 bits per heavy atom. The van der Waals surface area contributed by atoms with Crippen LogP contribution in [0.3, 0.4) is 0 Å². The van der Waals surface area contributed by atoms with Gasteiger partial charge in [0.15, 0.2) is 0 Å². The van der Waals surface area contributed by atoms with Gasteiger partial charge in [-0.15, -0.1) is 11.0 Å². The molecule has 0 N–H and O–H groups in total. The number of hydrogen-bond donors (Lipinski definition) is 0.